The zero-order valence-corrected chi connectivity index (χ0v) is 16.3. The number of rotatable bonds is 11. The van der Waals surface area contributed by atoms with Gasteiger partial charge in [0.25, 0.3) is 5.91 Å². The van der Waals surface area contributed by atoms with Gasteiger partial charge in [0.15, 0.2) is 11.5 Å². The molecule has 0 aliphatic rings. The average molecular weight is 372 g/mol. The Bertz CT molecular complexity index is 733. The second kappa shape index (κ2) is 10.5. The molecule has 0 radical (unpaired) electrons. The number of ether oxygens (including phenoxy) is 1. The molecule has 1 aromatic heterocycles. The van der Waals surface area contributed by atoms with Gasteiger partial charge in [-0.1, -0.05) is 13.8 Å². The Hall–Kier alpha value is -2.60. The molecule has 146 valence electrons. The second-order valence-corrected chi connectivity index (χ2v) is 6.27. The predicted octanol–water partition coefficient (Wildman–Crippen LogP) is 3.52. The Labute approximate surface area is 160 Å². The first-order chi connectivity index (χ1) is 13.0. The van der Waals surface area contributed by atoms with E-state index in [1.165, 1.54) is 6.92 Å². The first-order valence-electron chi connectivity index (χ1n) is 9.36. The van der Waals surface area contributed by atoms with Gasteiger partial charge in [-0.3, -0.25) is 9.59 Å². The SMILES string of the molecule is CCN(CC)CCCNC(=O)c1ccc(COc2ccc(C(C)=O)cc2)o1. The highest BCUT2D eigenvalue weighted by Gasteiger charge is 2.11. The van der Waals surface area contributed by atoms with E-state index in [-0.39, 0.29) is 24.1 Å². The molecule has 0 saturated carbocycles. The lowest BCUT2D eigenvalue weighted by atomic mass is 10.1. The van der Waals surface area contributed by atoms with Crippen LogP contribution in [0, 0.1) is 0 Å². The number of nitrogens with one attached hydrogen (secondary N) is 1. The van der Waals surface area contributed by atoms with E-state index in [1.54, 1.807) is 36.4 Å². The number of hydrogen-bond acceptors (Lipinski definition) is 5. The van der Waals surface area contributed by atoms with E-state index in [9.17, 15) is 9.59 Å². The fraction of sp³-hybridized carbons (Fsp3) is 0.429. The third kappa shape index (κ3) is 6.57. The third-order valence-electron chi connectivity index (χ3n) is 4.36. The second-order valence-electron chi connectivity index (χ2n) is 6.27. The van der Waals surface area contributed by atoms with Crippen LogP contribution in [0.2, 0.25) is 0 Å². The lowest BCUT2D eigenvalue weighted by Crippen LogP contribution is -2.29. The van der Waals surface area contributed by atoms with Gasteiger partial charge in [-0.15, -0.1) is 0 Å². The topological polar surface area (TPSA) is 71.8 Å². The minimum atomic E-state index is -0.216. The van der Waals surface area contributed by atoms with E-state index < -0.39 is 0 Å². The molecular weight excluding hydrogens is 344 g/mol. The van der Waals surface area contributed by atoms with Gasteiger partial charge < -0.3 is 19.4 Å². The Morgan fingerprint density at radius 3 is 2.41 bits per heavy atom. The van der Waals surface area contributed by atoms with Crippen LogP contribution in [0.5, 0.6) is 5.75 Å². The molecule has 2 rings (SSSR count). The van der Waals surface area contributed by atoms with Crippen LogP contribution in [0.1, 0.15) is 53.9 Å². The van der Waals surface area contributed by atoms with Gasteiger partial charge in [0.05, 0.1) is 0 Å². The number of Topliss-reactive ketones (excluding diaryl/α,β-unsaturated/α-hetero) is 1. The molecule has 0 atom stereocenters. The lowest BCUT2D eigenvalue weighted by Gasteiger charge is -2.17. The molecular formula is C21H28N2O4. The normalized spacial score (nSPS) is 10.8. The van der Waals surface area contributed by atoms with Crippen LogP contribution in [0.15, 0.2) is 40.8 Å². The lowest BCUT2D eigenvalue weighted by molar-refractivity contribution is 0.0919. The molecule has 1 amide bonds. The Balaban J connectivity index is 1.76. The minimum Gasteiger partial charge on any atom is -0.486 e. The maximum absolute atomic E-state index is 12.1. The van der Waals surface area contributed by atoms with Gasteiger partial charge in [-0.25, -0.2) is 0 Å². The first kappa shape index (κ1) is 20.7. The van der Waals surface area contributed by atoms with E-state index in [2.05, 4.69) is 24.1 Å². The van der Waals surface area contributed by atoms with Gasteiger partial charge in [-0.05, 0) is 69.4 Å². The third-order valence-corrected chi connectivity index (χ3v) is 4.36. The first-order valence-corrected chi connectivity index (χ1v) is 9.36. The maximum atomic E-state index is 12.1. The summed E-state index contributed by atoms with van der Waals surface area (Å²) in [4.78, 5) is 25.7. The molecule has 0 saturated heterocycles. The van der Waals surface area contributed by atoms with Crippen molar-refractivity contribution in [1.82, 2.24) is 10.2 Å². The van der Waals surface area contributed by atoms with Crippen molar-refractivity contribution in [2.24, 2.45) is 0 Å². The van der Waals surface area contributed by atoms with Gasteiger partial charge >= 0.3 is 0 Å². The molecule has 0 bridgehead atoms. The highest BCUT2D eigenvalue weighted by Crippen LogP contribution is 2.16. The number of hydrogen-bond donors (Lipinski definition) is 1. The summed E-state index contributed by atoms with van der Waals surface area (Å²) in [5.41, 5.74) is 0.639. The van der Waals surface area contributed by atoms with Crippen molar-refractivity contribution in [2.75, 3.05) is 26.2 Å². The molecule has 27 heavy (non-hydrogen) atoms. The summed E-state index contributed by atoms with van der Waals surface area (Å²) in [7, 11) is 0. The summed E-state index contributed by atoms with van der Waals surface area (Å²) < 4.78 is 11.2. The van der Waals surface area contributed by atoms with Gasteiger partial charge in [0.1, 0.15) is 18.1 Å². The standard InChI is InChI=1S/C21H28N2O4/c1-4-23(5-2)14-6-13-22-21(25)20-12-11-19(27-20)15-26-18-9-7-17(8-10-18)16(3)24/h7-12H,4-6,13-15H2,1-3H3,(H,22,25). The number of furan rings is 1. The van der Waals surface area contributed by atoms with Gasteiger partial charge in [0.2, 0.25) is 0 Å². The quantitative estimate of drug-likeness (QED) is 0.483. The van der Waals surface area contributed by atoms with Crippen molar-refractivity contribution in [3.63, 3.8) is 0 Å². The van der Waals surface area contributed by atoms with Crippen molar-refractivity contribution >= 4 is 11.7 Å². The van der Waals surface area contributed by atoms with Gasteiger partial charge in [0, 0.05) is 12.1 Å². The molecule has 1 N–H and O–H groups in total. The number of ketones is 1. The summed E-state index contributed by atoms with van der Waals surface area (Å²) in [6.45, 7) is 9.62. The number of carbonyl (C=O) groups excluding carboxylic acids is 2. The van der Waals surface area contributed by atoms with Crippen molar-refractivity contribution < 1.29 is 18.7 Å². The van der Waals surface area contributed by atoms with Crippen LogP contribution in [0.3, 0.4) is 0 Å². The van der Waals surface area contributed by atoms with Crippen LogP contribution in [0.4, 0.5) is 0 Å². The van der Waals surface area contributed by atoms with Crippen LogP contribution in [-0.2, 0) is 6.61 Å². The molecule has 0 aliphatic carbocycles. The average Bonchev–Trinajstić information content (AvgIpc) is 3.16. The monoisotopic (exact) mass is 372 g/mol. The van der Waals surface area contributed by atoms with E-state index in [4.69, 9.17) is 9.15 Å². The Morgan fingerprint density at radius 2 is 1.78 bits per heavy atom. The minimum absolute atomic E-state index is 0.0142. The smallest absolute Gasteiger partial charge is 0.286 e. The summed E-state index contributed by atoms with van der Waals surface area (Å²) in [5, 5.41) is 2.87. The Morgan fingerprint density at radius 1 is 1.07 bits per heavy atom. The van der Waals surface area contributed by atoms with Crippen LogP contribution in [0.25, 0.3) is 0 Å². The van der Waals surface area contributed by atoms with E-state index in [0.29, 0.717) is 23.6 Å². The van der Waals surface area contributed by atoms with Crippen molar-refractivity contribution in [2.45, 2.75) is 33.8 Å². The fourth-order valence-corrected chi connectivity index (χ4v) is 2.65. The zero-order chi connectivity index (χ0) is 19.6. The summed E-state index contributed by atoms with van der Waals surface area (Å²) in [6.07, 6.45) is 0.903. The van der Waals surface area contributed by atoms with Crippen LogP contribution < -0.4 is 10.1 Å². The molecule has 1 aromatic carbocycles. The number of nitrogens with zero attached hydrogens (tertiary/aromatic N) is 1. The molecule has 2 aromatic rings. The summed E-state index contributed by atoms with van der Waals surface area (Å²) >= 11 is 0. The summed E-state index contributed by atoms with van der Waals surface area (Å²) in [5.74, 6) is 1.29. The Kier molecular flexibility index (Phi) is 8.07. The molecule has 6 nitrogen and oxygen atoms in total. The van der Waals surface area contributed by atoms with Crippen molar-refractivity contribution in [3.8, 4) is 5.75 Å². The molecule has 1 heterocycles. The fourth-order valence-electron chi connectivity index (χ4n) is 2.65. The van der Waals surface area contributed by atoms with Crippen LogP contribution in [-0.4, -0.2) is 42.8 Å². The van der Waals surface area contributed by atoms with E-state index >= 15 is 0 Å². The van der Waals surface area contributed by atoms with Crippen molar-refractivity contribution in [3.05, 3.63) is 53.5 Å². The number of amides is 1. The molecule has 0 aliphatic heterocycles. The maximum Gasteiger partial charge on any atom is 0.286 e. The number of benzene rings is 1. The zero-order valence-electron chi connectivity index (χ0n) is 16.3. The van der Waals surface area contributed by atoms with E-state index in [1.807, 2.05) is 0 Å². The largest absolute Gasteiger partial charge is 0.486 e. The highest BCUT2D eigenvalue weighted by atomic mass is 16.5. The van der Waals surface area contributed by atoms with E-state index in [0.717, 1.165) is 26.1 Å². The summed E-state index contributed by atoms with van der Waals surface area (Å²) in [6, 6.07) is 10.3. The predicted molar refractivity (Wildman–Crippen MR) is 104 cm³/mol. The van der Waals surface area contributed by atoms with Gasteiger partial charge in [-0.2, -0.15) is 0 Å². The number of carbonyl (C=O) groups is 2. The molecule has 0 fully saturated rings. The molecule has 0 spiro atoms. The molecule has 6 heteroatoms. The van der Waals surface area contributed by atoms with Crippen LogP contribution >= 0.6 is 0 Å². The highest BCUT2D eigenvalue weighted by molar-refractivity contribution is 5.94. The molecule has 0 unspecified atom stereocenters. The van der Waals surface area contributed by atoms with Crippen molar-refractivity contribution in [1.29, 1.82) is 0 Å².